The smallest absolute Gasteiger partial charge is 0.244 e. The molecule has 0 atom stereocenters. The first-order chi connectivity index (χ1) is 9.89. The third-order valence-electron chi connectivity index (χ3n) is 4.11. The van der Waals surface area contributed by atoms with Gasteiger partial charge in [0.15, 0.2) is 0 Å². The second-order valence-corrected chi connectivity index (χ2v) is 7.99. The minimum Gasteiger partial charge on any atom is -0.363 e. The highest BCUT2D eigenvalue weighted by Crippen LogP contribution is 2.30. The number of nitrogens with one attached hydrogen (secondary N) is 1. The summed E-state index contributed by atoms with van der Waals surface area (Å²) in [5, 5.41) is 3.41. The standard InChI is InChI=1S/C14H24N4O2S/c1-18(2)21(19,20)12-6-7-13(16-10-12)17-14(11-15)8-4-3-5-9-14/h6-7,10H,3-5,8-9,11,15H2,1-2H3,(H,16,17). The number of hydrogen-bond donors (Lipinski definition) is 2. The van der Waals surface area contributed by atoms with Crippen LogP contribution < -0.4 is 11.1 Å². The molecule has 118 valence electrons. The molecule has 0 saturated heterocycles. The zero-order valence-electron chi connectivity index (χ0n) is 12.7. The van der Waals surface area contributed by atoms with Crippen molar-refractivity contribution in [1.29, 1.82) is 0 Å². The first-order valence-corrected chi connectivity index (χ1v) is 8.70. The largest absolute Gasteiger partial charge is 0.363 e. The molecule has 1 aromatic rings. The lowest BCUT2D eigenvalue weighted by Crippen LogP contribution is -2.47. The summed E-state index contributed by atoms with van der Waals surface area (Å²) in [5.74, 6) is 0.681. The Morgan fingerprint density at radius 2 is 1.95 bits per heavy atom. The Morgan fingerprint density at radius 1 is 1.29 bits per heavy atom. The molecule has 21 heavy (non-hydrogen) atoms. The molecule has 3 N–H and O–H groups in total. The highest BCUT2D eigenvalue weighted by atomic mass is 32.2. The fraction of sp³-hybridized carbons (Fsp3) is 0.643. The van der Waals surface area contributed by atoms with E-state index in [1.807, 2.05) is 0 Å². The van der Waals surface area contributed by atoms with Gasteiger partial charge in [-0.1, -0.05) is 19.3 Å². The summed E-state index contributed by atoms with van der Waals surface area (Å²) >= 11 is 0. The molecule has 1 fully saturated rings. The topological polar surface area (TPSA) is 88.3 Å². The van der Waals surface area contributed by atoms with Crippen LogP contribution in [0.15, 0.2) is 23.2 Å². The Kier molecular flexibility index (Phi) is 4.85. The predicted molar refractivity (Wildman–Crippen MR) is 83.6 cm³/mol. The van der Waals surface area contributed by atoms with Crippen molar-refractivity contribution < 1.29 is 8.42 Å². The first kappa shape index (κ1) is 16.2. The lowest BCUT2D eigenvalue weighted by molar-refractivity contribution is 0.330. The number of hydrogen-bond acceptors (Lipinski definition) is 5. The molecule has 7 heteroatoms. The van der Waals surface area contributed by atoms with Crippen LogP contribution in [0.3, 0.4) is 0 Å². The van der Waals surface area contributed by atoms with Crippen LogP contribution in [0, 0.1) is 0 Å². The zero-order chi connectivity index (χ0) is 15.5. The molecule has 2 rings (SSSR count). The molecule has 1 aliphatic rings. The maximum Gasteiger partial charge on any atom is 0.244 e. The number of sulfonamides is 1. The maximum atomic E-state index is 12.0. The summed E-state index contributed by atoms with van der Waals surface area (Å²) < 4.78 is 25.2. The molecule has 1 heterocycles. The average molecular weight is 312 g/mol. The second kappa shape index (κ2) is 6.29. The van der Waals surface area contributed by atoms with Gasteiger partial charge in [0.25, 0.3) is 0 Å². The molecule has 0 radical (unpaired) electrons. The molecule has 0 bridgehead atoms. The Balaban J connectivity index is 2.16. The van der Waals surface area contributed by atoms with E-state index in [-0.39, 0.29) is 10.4 Å². The van der Waals surface area contributed by atoms with Crippen LogP contribution in [0.25, 0.3) is 0 Å². The van der Waals surface area contributed by atoms with Crippen molar-refractivity contribution in [1.82, 2.24) is 9.29 Å². The molecule has 0 aromatic carbocycles. The van der Waals surface area contributed by atoms with E-state index in [4.69, 9.17) is 5.73 Å². The monoisotopic (exact) mass is 312 g/mol. The van der Waals surface area contributed by atoms with Crippen molar-refractivity contribution in [3.05, 3.63) is 18.3 Å². The summed E-state index contributed by atoms with van der Waals surface area (Å²) in [6.45, 7) is 0.562. The highest BCUT2D eigenvalue weighted by molar-refractivity contribution is 7.89. The average Bonchev–Trinajstić information content (AvgIpc) is 2.48. The number of nitrogens with zero attached hydrogens (tertiary/aromatic N) is 2. The van der Waals surface area contributed by atoms with Crippen LogP contribution in [0.4, 0.5) is 5.82 Å². The summed E-state index contributed by atoms with van der Waals surface area (Å²) in [5.41, 5.74) is 5.83. The summed E-state index contributed by atoms with van der Waals surface area (Å²) in [4.78, 5) is 4.44. The number of nitrogens with two attached hydrogens (primary N) is 1. The Hall–Kier alpha value is -1.18. The Morgan fingerprint density at radius 3 is 2.43 bits per heavy atom. The minimum atomic E-state index is -3.43. The van der Waals surface area contributed by atoms with E-state index in [9.17, 15) is 8.42 Å². The SMILES string of the molecule is CN(C)S(=O)(=O)c1ccc(NC2(CN)CCCCC2)nc1. The van der Waals surface area contributed by atoms with E-state index in [0.29, 0.717) is 12.4 Å². The molecule has 0 aliphatic heterocycles. The molecule has 1 aromatic heterocycles. The van der Waals surface area contributed by atoms with Gasteiger partial charge in [-0.15, -0.1) is 0 Å². The van der Waals surface area contributed by atoms with Gasteiger partial charge < -0.3 is 11.1 Å². The minimum absolute atomic E-state index is 0.104. The van der Waals surface area contributed by atoms with Crippen molar-refractivity contribution in [3.63, 3.8) is 0 Å². The molecule has 0 unspecified atom stereocenters. The molecular weight excluding hydrogens is 288 g/mol. The normalized spacial score (nSPS) is 18.7. The van der Waals surface area contributed by atoms with Crippen LogP contribution in [-0.4, -0.2) is 43.9 Å². The summed E-state index contributed by atoms with van der Waals surface area (Å²) in [6, 6.07) is 3.29. The van der Waals surface area contributed by atoms with E-state index in [0.717, 1.165) is 25.7 Å². The van der Waals surface area contributed by atoms with Gasteiger partial charge in [0.1, 0.15) is 10.7 Å². The summed E-state index contributed by atoms with van der Waals surface area (Å²) in [6.07, 6.45) is 7.03. The lowest BCUT2D eigenvalue weighted by atomic mass is 9.81. The van der Waals surface area contributed by atoms with Gasteiger partial charge in [-0.05, 0) is 25.0 Å². The van der Waals surface area contributed by atoms with E-state index in [1.54, 1.807) is 12.1 Å². The highest BCUT2D eigenvalue weighted by Gasteiger charge is 2.30. The van der Waals surface area contributed by atoms with E-state index in [2.05, 4.69) is 10.3 Å². The van der Waals surface area contributed by atoms with Crippen LogP contribution in [0.2, 0.25) is 0 Å². The number of anilines is 1. The molecule has 1 saturated carbocycles. The van der Waals surface area contributed by atoms with Crippen molar-refractivity contribution >= 4 is 15.8 Å². The molecule has 1 aliphatic carbocycles. The Bertz CT molecular complexity index is 563. The quantitative estimate of drug-likeness (QED) is 0.858. The molecular formula is C14H24N4O2S. The van der Waals surface area contributed by atoms with E-state index >= 15 is 0 Å². The fourth-order valence-electron chi connectivity index (χ4n) is 2.70. The molecule has 0 amide bonds. The van der Waals surface area contributed by atoms with Gasteiger partial charge in [0.2, 0.25) is 10.0 Å². The lowest BCUT2D eigenvalue weighted by Gasteiger charge is -2.37. The van der Waals surface area contributed by atoms with E-state index in [1.165, 1.54) is 31.0 Å². The second-order valence-electron chi connectivity index (χ2n) is 5.84. The number of pyridine rings is 1. The Labute approximate surface area is 126 Å². The van der Waals surface area contributed by atoms with Crippen molar-refractivity contribution in [3.8, 4) is 0 Å². The van der Waals surface area contributed by atoms with Crippen molar-refractivity contribution in [2.45, 2.75) is 42.5 Å². The van der Waals surface area contributed by atoms with Crippen molar-refractivity contribution in [2.75, 3.05) is 26.0 Å². The zero-order valence-corrected chi connectivity index (χ0v) is 13.5. The molecule has 0 spiro atoms. The van der Waals surface area contributed by atoms with Crippen LogP contribution in [0.5, 0.6) is 0 Å². The van der Waals surface area contributed by atoms with Crippen LogP contribution in [0.1, 0.15) is 32.1 Å². The summed E-state index contributed by atoms with van der Waals surface area (Å²) in [7, 11) is -0.415. The third-order valence-corrected chi connectivity index (χ3v) is 5.91. The van der Waals surface area contributed by atoms with Crippen molar-refractivity contribution in [2.24, 2.45) is 5.73 Å². The van der Waals surface area contributed by atoms with Crippen LogP contribution >= 0.6 is 0 Å². The van der Waals surface area contributed by atoms with Gasteiger partial charge in [-0.2, -0.15) is 0 Å². The van der Waals surface area contributed by atoms with E-state index < -0.39 is 10.0 Å². The van der Waals surface area contributed by atoms with Gasteiger partial charge in [0, 0.05) is 26.8 Å². The van der Waals surface area contributed by atoms with Gasteiger partial charge in [0.05, 0.1) is 5.54 Å². The number of rotatable bonds is 5. The maximum absolute atomic E-state index is 12.0. The first-order valence-electron chi connectivity index (χ1n) is 7.26. The van der Waals surface area contributed by atoms with Gasteiger partial charge in [-0.3, -0.25) is 0 Å². The third kappa shape index (κ3) is 3.53. The van der Waals surface area contributed by atoms with Crippen LogP contribution in [-0.2, 0) is 10.0 Å². The number of aromatic nitrogens is 1. The van der Waals surface area contributed by atoms with Gasteiger partial charge >= 0.3 is 0 Å². The predicted octanol–water partition coefficient (Wildman–Crippen LogP) is 1.41. The molecule has 6 nitrogen and oxygen atoms in total. The fourth-order valence-corrected chi connectivity index (χ4v) is 3.55. The van der Waals surface area contributed by atoms with Gasteiger partial charge in [-0.25, -0.2) is 17.7 Å².